The second-order valence-electron chi connectivity index (χ2n) is 10.4. The molecule has 176 valence electrons. The van der Waals surface area contributed by atoms with Crippen molar-refractivity contribution in [3.63, 3.8) is 0 Å². The maximum Gasteiger partial charge on any atom is 0.231 e. The van der Waals surface area contributed by atoms with Crippen LogP contribution in [0.4, 0.5) is 0 Å². The first kappa shape index (κ1) is 25.1. The van der Waals surface area contributed by atoms with Gasteiger partial charge < -0.3 is 42.7 Å². The number of hydrogen-bond acceptors (Lipinski definition) is 4. The van der Waals surface area contributed by atoms with E-state index in [9.17, 15) is 4.79 Å². The molecule has 32 heavy (non-hydrogen) atoms. The highest BCUT2D eigenvalue weighted by atomic mass is 127. The van der Waals surface area contributed by atoms with Gasteiger partial charge in [-0.1, -0.05) is 25.5 Å². The highest BCUT2D eigenvalue weighted by Gasteiger charge is 2.42. The van der Waals surface area contributed by atoms with Crippen LogP contribution in [-0.2, 0) is 11.2 Å². The van der Waals surface area contributed by atoms with E-state index >= 15 is 0 Å². The predicted octanol–water partition coefficient (Wildman–Crippen LogP) is 2.14. The largest absolute Gasteiger partial charge is 1.00 e. The van der Waals surface area contributed by atoms with Crippen LogP contribution in [-0.4, -0.2) is 44.8 Å². The first-order valence-electron chi connectivity index (χ1n) is 11.4. The number of benzene rings is 1. The first-order chi connectivity index (χ1) is 14.6. The Balaban J connectivity index is 0.00000289. The molecule has 0 saturated carbocycles. The third-order valence-corrected chi connectivity index (χ3v) is 7.46. The number of hydrogen-bond donors (Lipinski definition) is 0. The first-order valence-corrected chi connectivity index (χ1v) is 11.4. The Hall–Kier alpha value is -1.54. The molecular formula is C26H36INO4. The Morgan fingerprint density at radius 1 is 1.28 bits per heavy atom. The molecule has 1 unspecified atom stereocenters. The molecule has 0 bridgehead atoms. The number of methoxy groups -OCH3 is 1. The molecule has 0 spiro atoms. The molecule has 0 aromatic heterocycles. The minimum atomic E-state index is 0. The van der Waals surface area contributed by atoms with Gasteiger partial charge in [0.25, 0.3) is 0 Å². The van der Waals surface area contributed by atoms with E-state index in [1.54, 1.807) is 13.2 Å². The molecule has 2 aliphatic heterocycles. The smallest absolute Gasteiger partial charge is 0.231 e. The van der Waals surface area contributed by atoms with Crippen LogP contribution in [0.3, 0.4) is 0 Å². The minimum Gasteiger partial charge on any atom is -1.00 e. The van der Waals surface area contributed by atoms with Crippen LogP contribution in [0.5, 0.6) is 17.2 Å². The summed E-state index contributed by atoms with van der Waals surface area (Å²) in [7, 11) is 6.07. The molecule has 2 heterocycles. The third-order valence-electron chi connectivity index (χ3n) is 7.46. The number of allylic oxidation sites excluding steroid dienone is 4. The predicted molar refractivity (Wildman–Crippen MR) is 122 cm³/mol. The molecular weight excluding hydrogens is 517 g/mol. The fourth-order valence-corrected chi connectivity index (χ4v) is 5.56. The molecule has 1 aliphatic carbocycles. The van der Waals surface area contributed by atoms with Gasteiger partial charge >= 0.3 is 0 Å². The summed E-state index contributed by atoms with van der Waals surface area (Å²) in [5.74, 6) is 2.30. The van der Waals surface area contributed by atoms with E-state index < -0.39 is 0 Å². The molecule has 0 saturated heterocycles. The minimum absolute atomic E-state index is 0. The SMILES string of the molecule is COc1c2c(cc3c1C(CC(=O)/C=C/C1=C(C)CCCC1(C)C)[N+](C)(C)CC3)OCO2.[I-]. The van der Waals surface area contributed by atoms with Gasteiger partial charge in [0.2, 0.25) is 12.5 Å². The molecule has 0 radical (unpaired) electrons. The van der Waals surface area contributed by atoms with Crippen molar-refractivity contribution < 1.29 is 47.5 Å². The summed E-state index contributed by atoms with van der Waals surface area (Å²) in [6.45, 7) is 7.95. The second-order valence-corrected chi connectivity index (χ2v) is 10.4. The molecule has 6 heteroatoms. The van der Waals surface area contributed by atoms with Crippen LogP contribution >= 0.6 is 0 Å². The lowest BCUT2D eigenvalue weighted by atomic mass is 9.72. The van der Waals surface area contributed by atoms with Gasteiger partial charge in [-0.25, -0.2) is 0 Å². The fraction of sp³-hybridized carbons (Fsp3) is 0.577. The zero-order valence-electron chi connectivity index (χ0n) is 20.2. The van der Waals surface area contributed by atoms with Gasteiger partial charge in [0.15, 0.2) is 17.3 Å². The van der Waals surface area contributed by atoms with Gasteiger partial charge in [-0.15, -0.1) is 0 Å². The Morgan fingerprint density at radius 2 is 2.03 bits per heavy atom. The number of fused-ring (bicyclic) bond motifs is 2. The molecule has 1 atom stereocenters. The quantitative estimate of drug-likeness (QED) is 0.319. The van der Waals surface area contributed by atoms with E-state index in [0.717, 1.165) is 40.9 Å². The number of carbonyl (C=O) groups excluding carboxylic acids is 1. The molecule has 1 aromatic rings. The van der Waals surface area contributed by atoms with E-state index in [2.05, 4.69) is 47.0 Å². The summed E-state index contributed by atoms with van der Waals surface area (Å²) >= 11 is 0. The van der Waals surface area contributed by atoms with Crippen molar-refractivity contribution in [1.82, 2.24) is 0 Å². The second kappa shape index (κ2) is 9.37. The average molecular weight is 553 g/mol. The molecule has 4 rings (SSSR count). The van der Waals surface area contributed by atoms with Crippen molar-refractivity contribution in [1.29, 1.82) is 0 Å². The number of halogens is 1. The van der Waals surface area contributed by atoms with Crippen LogP contribution in [0.15, 0.2) is 29.4 Å². The summed E-state index contributed by atoms with van der Waals surface area (Å²) in [5.41, 5.74) is 5.16. The molecule has 0 N–H and O–H groups in total. The maximum atomic E-state index is 13.2. The highest BCUT2D eigenvalue weighted by molar-refractivity contribution is 5.90. The van der Waals surface area contributed by atoms with E-state index in [-0.39, 0.29) is 48.0 Å². The Morgan fingerprint density at radius 3 is 2.72 bits per heavy atom. The van der Waals surface area contributed by atoms with Crippen LogP contribution < -0.4 is 38.2 Å². The van der Waals surface area contributed by atoms with Gasteiger partial charge in [0.1, 0.15) is 6.04 Å². The summed E-state index contributed by atoms with van der Waals surface area (Å²) in [6.07, 6.45) is 8.78. The fourth-order valence-electron chi connectivity index (χ4n) is 5.56. The zero-order valence-corrected chi connectivity index (χ0v) is 22.4. The van der Waals surface area contributed by atoms with E-state index in [0.29, 0.717) is 12.2 Å². The van der Waals surface area contributed by atoms with Crippen molar-refractivity contribution in [2.24, 2.45) is 5.41 Å². The molecule has 5 nitrogen and oxygen atoms in total. The number of quaternary nitrogens is 1. The number of nitrogens with zero attached hydrogens (tertiary/aromatic N) is 1. The summed E-state index contributed by atoms with van der Waals surface area (Å²) < 4.78 is 17.9. The molecule has 1 aromatic carbocycles. The summed E-state index contributed by atoms with van der Waals surface area (Å²) in [5, 5.41) is 0. The van der Waals surface area contributed by atoms with Crippen LogP contribution in [0, 0.1) is 5.41 Å². The number of carbonyl (C=O) groups is 1. The summed E-state index contributed by atoms with van der Waals surface area (Å²) in [6, 6.07) is 2.09. The van der Waals surface area contributed by atoms with Crippen LogP contribution in [0.1, 0.15) is 63.6 Å². The van der Waals surface area contributed by atoms with Crippen molar-refractivity contribution in [2.75, 3.05) is 34.5 Å². The van der Waals surface area contributed by atoms with Crippen molar-refractivity contribution >= 4 is 5.78 Å². The third kappa shape index (κ3) is 4.58. The topological polar surface area (TPSA) is 44.8 Å². The van der Waals surface area contributed by atoms with Crippen LogP contribution in [0.2, 0.25) is 0 Å². The number of ketones is 1. The van der Waals surface area contributed by atoms with E-state index in [1.807, 2.05) is 0 Å². The maximum absolute atomic E-state index is 13.2. The van der Waals surface area contributed by atoms with Gasteiger partial charge in [-0.05, 0) is 54.9 Å². The average Bonchev–Trinajstić information content (AvgIpc) is 3.16. The number of likely N-dealkylation sites (N-methyl/N-ethyl adjacent to an activating group) is 1. The van der Waals surface area contributed by atoms with Gasteiger partial charge in [0, 0.05) is 6.42 Å². The molecule has 0 fully saturated rings. The molecule has 3 aliphatic rings. The van der Waals surface area contributed by atoms with Crippen LogP contribution in [0.25, 0.3) is 0 Å². The standard InChI is InChI=1S/C26H36NO4.HI/c1-17-8-7-12-26(2,3)20(17)10-9-19(28)15-21-23-18(11-13-27(21,4)5)14-22-24(25(23)29-6)31-16-30-22;/h9-10,14,21H,7-8,11-13,15-16H2,1-6H3;1H/q+1;/p-1/b10-9+;. The highest BCUT2D eigenvalue weighted by Crippen LogP contribution is 2.51. The van der Waals surface area contributed by atoms with E-state index in [1.165, 1.54) is 29.6 Å². The lowest BCUT2D eigenvalue weighted by molar-refractivity contribution is -0.922. The van der Waals surface area contributed by atoms with Crippen molar-refractivity contribution in [3.05, 3.63) is 40.5 Å². The van der Waals surface area contributed by atoms with Crippen molar-refractivity contribution in [3.8, 4) is 17.2 Å². The van der Waals surface area contributed by atoms with Gasteiger partial charge in [0.05, 0.1) is 39.7 Å². The number of ether oxygens (including phenoxy) is 3. The lowest BCUT2D eigenvalue weighted by Crippen LogP contribution is -3.00. The Kier molecular flexibility index (Phi) is 7.35. The zero-order chi connectivity index (χ0) is 22.4. The Bertz CT molecular complexity index is 961. The Labute approximate surface area is 209 Å². The normalized spacial score (nSPS) is 23.0. The van der Waals surface area contributed by atoms with E-state index in [4.69, 9.17) is 14.2 Å². The summed E-state index contributed by atoms with van der Waals surface area (Å²) in [4.78, 5) is 13.2. The number of rotatable bonds is 5. The lowest BCUT2D eigenvalue weighted by Gasteiger charge is -2.43. The van der Waals surface area contributed by atoms with Gasteiger partial charge in [-0.2, -0.15) is 0 Å². The van der Waals surface area contributed by atoms with Gasteiger partial charge in [-0.3, -0.25) is 4.79 Å². The monoisotopic (exact) mass is 553 g/mol. The molecule has 0 amide bonds. The van der Waals surface area contributed by atoms with Crippen molar-refractivity contribution in [2.45, 2.75) is 58.9 Å².